The lowest BCUT2D eigenvalue weighted by Gasteiger charge is -2.28. The monoisotopic (exact) mass is 437 g/mol. The summed E-state index contributed by atoms with van der Waals surface area (Å²) in [5.74, 6) is -0.0229. The minimum atomic E-state index is -3.07. The number of sulfone groups is 1. The number of thioether (sulfide) groups is 1. The van der Waals surface area contributed by atoms with E-state index in [1.54, 1.807) is 0 Å². The van der Waals surface area contributed by atoms with Crippen molar-refractivity contribution in [1.29, 1.82) is 0 Å². The lowest BCUT2D eigenvalue weighted by atomic mass is 10.1. The number of benzene rings is 1. The van der Waals surface area contributed by atoms with Gasteiger partial charge in [-0.2, -0.15) is 4.99 Å². The molecule has 0 aromatic heterocycles. The third kappa shape index (κ3) is 4.48. The lowest BCUT2D eigenvalue weighted by Crippen LogP contribution is -2.38. The summed E-state index contributed by atoms with van der Waals surface area (Å²) in [5.41, 5.74) is 3.14. The number of amides is 1. The first-order valence-corrected chi connectivity index (χ1v) is 13.0. The lowest BCUT2D eigenvalue weighted by molar-refractivity contribution is -0.121. The SMILES string of the molecule is CC[C@H](C)C(=O)N=C1S[C@@H]2CS(=O)(=O)C[C@@H]2N1c1ccc(N(CC)CC)cc1C. The largest absolute Gasteiger partial charge is 0.372 e. The second-order valence-electron chi connectivity index (χ2n) is 7.86. The van der Waals surface area contributed by atoms with E-state index < -0.39 is 9.84 Å². The highest BCUT2D eigenvalue weighted by molar-refractivity contribution is 8.16. The molecular weight excluding hydrogens is 406 g/mol. The molecule has 2 fully saturated rings. The van der Waals surface area contributed by atoms with E-state index in [-0.39, 0.29) is 34.6 Å². The van der Waals surface area contributed by atoms with E-state index in [9.17, 15) is 13.2 Å². The molecule has 8 heteroatoms. The van der Waals surface area contributed by atoms with E-state index in [2.05, 4.69) is 35.9 Å². The van der Waals surface area contributed by atoms with Crippen molar-refractivity contribution < 1.29 is 13.2 Å². The Morgan fingerprint density at radius 1 is 1.28 bits per heavy atom. The first-order chi connectivity index (χ1) is 13.7. The smallest absolute Gasteiger partial charge is 0.250 e. The van der Waals surface area contributed by atoms with Crippen molar-refractivity contribution in [3.63, 3.8) is 0 Å². The maximum Gasteiger partial charge on any atom is 0.250 e. The normalized spacial score (nSPS) is 25.3. The highest BCUT2D eigenvalue weighted by Gasteiger charge is 2.49. The number of hydrogen-bond donors (Lipinski definition) is 0. The molecule has 160 valence electrons. The summed E-state index contributed by atoms with van der Waals surface area (Å²) in [7, 11) is -3.07. The molecule has 2 heterocycles. The second kappa shape index (κ2) is 8.68. The van der Waals surface area contributed by atoms with Crippen LogP contribution in [0.3, 0.4) is 0 Å². The van der Waals surface area contributed by atoms with Crippen LogP contribution in [-0.4, -0.2) is 55.4 Å². The Balaban J connectivity index is 2.02. The van der Waals surface area contributed by atoms with Gasteiger partial charge in [0.15, 0.2) is 15.0 Å². The Kier molecular flexibility index (Phi) is 6.63. The van der Waals surface area contributed by atoms with Crippen molar-refractivity contribution in [3.8, 4) is 0 Å². The van der Waals surface area contributed by atoms with E-state index in [0.29, 0.717) is 5.17 Å². The third-order valence-corrected chi connectivity index (χ3v) is 9.08. The summed E-state index contributed by atoms with van der Waals surface area (Å²) >= 11 is 1.44. The van der Waals surface area contributed by atoms with Gasteiger partial charge in [0.1, 0.15) is 0 Å². The molecule has 2 saturated heterocycles. The first-order valence-electron chi connectivity index (χ1n) is 10.3. The van der Waals surface area contributed by atoms with Gasteiger partial charge < -0.3 is 9.80 Å². The fourth-order valence-electron chi connectivity index (χ4n) is 3.92. The van der Waals surface area contributed by atoms with Crippen LogP contribution in [0.15, 0.2) is 23.2 Å². The van der Waals surface area contributed by atoms with Gasteiger partial charge in [-0.3, -0.25) is 4.79 Å². The van der Waals surface area contributed by atoms with Crippen LogP contribution < -0.4 is 9.80 Å². The van der Waals surface area contributed by atoms with E-state index >= 15 is 0 Å². The predicted octanol–water partition coefficient (Wildman–Crippen LogP) is 3.49. The summed E-state index contributed by atoms with van der Waals surface area (Å²) in [6, 6.07) is 6.08. The van der Waals surface area contributed by atoms with Crippen molar-refractivity contribution in [1.82, 2.24) is 0 Å². The number of rotatable bonds is 6. The van der Waals surface area contributed by atoms with E-state index in [1.807, 2.05) is 31.7 Å². The topological polar surface area (TPSA) is 70.0 Å². The van der Waals surface area contributed by atoms with Crippen LogP contribution in [0, 0.1) is 12.8 Å². The standard InChI is InChI=1S/C21H31N3O3S2/c1-6-14(4)20(25)22-21-24(18-12-29(26,27)13-19(18)28-21)17-10-9-16(11-15(17)5)23(7-2)8-3/h9-11,14,18-19H,6-8,12-13H2,1-5H3/t14-,18-,19+/m0/s1. The predicted molar refractivity (Wildman–Crippen MR) is 123 cm³/mol. The molecule has 0 bridgehead atoms. The maximum atomic E-state index is 12.5. The highest BCUT2D eigenvalue weighted by Crippen LogP contribution is 2.42. The fourth-order valence-corrected chi connectivity index (χ4v) is 7.83. The molecular formula is C21H31N3O3S2. The van der Waals surface area contributed by atoms with Crippen molar-refractivity contribution in [3.05, 3.63) is 23.8 Å². The van der Waals surface area contributed by atoms with E-state index in [4.69, 9.17) is 0 Å². The molecule has 1 aromatic rings. The molecule has 0 aliphatic carbocycles. The van der Waals surface area contributed by atoms with E-state index in [1.165, 1.54) is 11.8 Å². The zero-order valence-corrected chi connectivity index (χ0v) is 19.5. The van der Waals surface area contributed by atoms with Crippen LogP contribution in [0.4, 0.5) is 11.4 Å². The van der Waals surface area contributed by atoms with Gasteiger partial charge in [0.2, 0.25) is 0 Å². The van der Waals surface area contributed by atoms with Gasteiger partial charge in [-0.1, -0.05) is 25.6 Å². The van der Waals surface area contributed by atoms with Crippen LogP contribution in [-0.2, 0) is 14.6 Å². The number of nitrogens with zero attached hydrogens (tertiary/aromatic N) is 3. The zero-order chi connectivity index (χ0) is 21.3. The van der Waals surface area contributed by atoms with Crippen LogP contribution in [0.1, 0.15) is 39.7 Å². The van der Waals surface area contributed by atoms with Gasteiger partial charge in [0.25, 0.3) is 5.91 Å². The average molecular weight is 438 g/mol. The first kappa shape index (κ1) is 22.2. The van der Waals surface area contributed by atoms with Gasteiger partial charge in [-0.15, -0.1) is 0 Å². The molecule has 1 aromatic carbocycles. The van der Waals surface area contributed by atoms with Gasteiger partial charge >= 0.3 is 0 Å². The molecule has 0 saturated carbocycles. The number of fused-ring (bicyclic) bond motifs is 1. The van der Waals surface area contributed by atoms with Crippen molar-refractivity contribution in [2.45, 2.75) is 52.3 Å². The van der Waals surface area contributed by atoms with Crippen LogP contribution in [0.5, 0.6) is 0 Å². The Labute approximate surface area is 178 Å². The summed E-state index contributed by atoms with van der Waals surface area (Å²) in [6.07, 6.45) is 0.735. The Hall–Kier alpha value is -1.54. The van der Waals surface area contributed by atoms with E-state index in [0.717, 1.165) is 36.4 Å². The molecule has 2 aliphatic rings. The van der Waals surface area contributed by atoms with Crippen molar-refractivity contribution in [2.24, 2.45) is 10.9 Å². The molecule has 0 unspecified atom stereocenters. The summed E-state index contributed by atoms with van der Waals surface area (Å²) in [4.78, 5) is 21.2. The second-order valence-corrected chi connectivity index (χ2v) is 11.2. The zero-order valence-electron chi connectivity index (χ0n) is 17.9. The summed E-state index contributed by atoms with van der Waals surface area (Å²) in [6.45, 7) is 12.0. The Morgan fingerprint density at radius 3 is 2.55 bits per heavy atom. The highest BCUT2D eigenvalue weighted by atomic mass is 32.2. The number of aliphatic imine (C=N–C) groups is 1. The Morgan fingerprint density at radius 2 is 1.97 bits per heavy atom. The maximum absolute atomic E-state index is 12.5. The van der Waals surface area contributed by atoms with Crippen molar-refractivity contribution in [2.75, 3.05) is 34.4 Å². The number of anilines is 2. The van der Waals surface area contributed by atoms with Crippen LogP contribution in [0.2, 0.25) is 0 Å². The van der Waals surface area contributed by atoms with Gasteiger partial charge in [-0.05, 0) is 51.0 Å². The van der Waals surface area contributed by atoms with Crippen LogP contribution >= 0.6 is 11.8 Å². The summed E-state index contributed by atoms with van der Waals surface area (Å²) < 4.78 is 24.5. The number of amidine groups is 1. The molecule has 6 nitrogen and oxygen atoms in total. The quantitative estimate of drug-likeness (QED) is 0.679. The molecule has 3 rings (SSSR count). The molecule has 0 radical (unpaired) electrons. The number of carbonyl (C=O) groups is 1. The number of aryl methyl sites for hydroxylation is 1. The third-order valence-electron chi connectivity index (χ3n) is 5.87. The molecule has 0 spiro atoms. The number of carbonyl (C=O) groups excluding carboxylic acids is 1. The summed E-state index contributed by atoms with van der Waals surface area (Å²) in [5, 5.41) is 0.559. The molecule has 29 heavy (non-hydrogen) atoms. The minimum absolute atomic E-state index is 0.0784. The molecule has 2 aliphatic heterocycles. The average Bonchev–Trinajstić information content (AvgIpc) is 3.13. The minimum Gasteiger partial charge on any atom is -0.372 e. The fraction of sp³-hybridized carbons (Fsp3) is 0.619. The van der Waals surface area contributed by atoms with Gasteiger partial charge in [0.05, 0.1) is 17.5 Å². The van der Waals surface area contributed by atoms with Gasteiger partial charge in [0, 0.05) is 35.6 Å². The Bertz CT molecular complexity index is 910. The molecule has 0 N–H and O–H groups in total. The number of hydrogen-bond acceptors (Lipinski definition) is 5. The van der Waals surface area contributed by atoms with Gasteiger partial charge in [-0.25, -0.2) is 8.42 Å². The molecule has 1 amide bonds. The van der Waals surface area contributed by atoms with Crippen LogP contribution in [0.25, 0.3) is 0 Å². The van der Waals surface area contributed by atoms with Crippen molar-refractivity contribution >= 4 is 44.0 Å². The molecule has 3 atom stereocenters.